The predicted molar refractivity (Wildman–Crippen MR) is 86.3 cm³/mol. The molecule has 2 rings (SSSR count). The number of carbonyl (C=O) groups is 2. The first-order valence-electron chi connectivity index (χ1n) is 8.09. The van der Waals surface area contributed by atoms with Gasteiger partial charge in [-0.2, -0.15) is 0 Å². The van der Waals surface area contributed by atoms with E-state index >= 15 is 0 Å². The van der Waals surface area contributed by atoms with Gasteiger partial charge in [0.15, 0.2) is 5.76 Å². The summed E-state index contributed by atoms with van der Waals surface area (Å²) < 4.78 is 10.5. The smallest absolute Gasteiger partial charge is 0.407 e. The van der Waals surface area contributed by atoms with Crippen LogP contribution in [0.2, 0.25) is 0 Å². The van der Waals surface area contributed by atoms with Crippen molar-refractivity contribution in [3.8, 4) is 0 Å². The Balaban J connectivity index is 1.85. The summed E-state index contributed by atoms with van der Waals surface area (Å²) in [6, 6.07) is 1.81. The number of ether oxygens (including phenoxy) is 1. The van der Waals surface area contributed by atoms with Crippen molar-refractivity contribution in [3.05, 3.63) is 23.7 Å². The van der Waals surface area contributed by atoms with E-state index in [2.05, 4.69) is 10.6 Å². The predicted octanol–water partition coefficient (Wildman–Crippen LogP) is 3.15. The van der Waals surface area contributed by atoms with Gasteiger partial charge in [0.2, 0.25) is 0 Å². The van der Waals surface area contributed by atoms with E-state index in [-0.39, 0.29) is 18.0 Å². The van der Waals surface area contributed by atoms with Crippen LogP contribution in [-0.2, 0) is 4.74 Å². The lowest BCUT2D eigenvalue weighted by Crippen LogP contribution is -2.46. The number of rotatable bonds is 3. The molecule has 2 atom stereocenters. The van der Waals surface area contributed by atoms with E-state index in [1.807, 2.05) is 27.7 Å². The van der Waals surface area contributed by atoms with Crippen LogP contribution < -0.4 is 10.6 Å². The maximum atomic E-state index is 12.2. The van der Waals surface area contributed by atoms with Gasteiger partial charge in [-0.25, -0.2) is 4.79 Å². The van der Waals surface area contributed by atoms with Crippen LogP contribution in [0.4, 0.5) is 4.79 Å². The highest BCUT2D eigenvalue weighted by Gasteiger charge is 2.27. The second-order valence-corrected chi connectivity index (χ2v) is 7.11. The molecule has 23 heavy (non-hydrogen) atoms. The second kappa shape index (κ2) is 7.06. The highest BCUT2D eigenvalue weighted by atomic mass is 16.6. The van der Waals surface area contributed by atoms with Crippen LogP contribution in [-0.4, -0.2) is 29.7 Å². The molecule has 2 N–H and O–H groups in total. The average Bonchev–Trinajstić information content (AvgIpc) is 2.83. The van der Waals surface area contributed by atoms with E-state index in [1.54, 1.807) is 6.07 Å². The maximum Gasteiger partial charge on any atom is 0.407 e. The number of aryl methyl sites for hydroxylation is 1. The minimum atomic E-state index is -0.511. The Bertz CT molecular complexity index is 559. The molecule has 1 aromatic rings. The first kappa shape index (κ1) is 17.4. The highest BCUT2D eigenvalue weighted by molar-refractivity contribution is 5.93. The van der Waals surface area contributed by atoms with Gasteiger partial charge in [-0.3, -0.25) is 4.79 Å². The van der Waals surface area contributed by atoms with Crippen molar-refractivity contribution in [2.45, 2.75) is 71.1 Å². The molecular formula is C17H26N2O4. The van der Waals surface area contributed by atoms with E-state index in [0.717, 1.165) is 24.8 Å². The molecule has 0 saturated heterocycles. The van der Waals surface area contributed by atoms with Gasteiger partial charge >= 0.3 is 6.09 Å². The van der Waals surface area contributed by atoms with Crippen LogP contribution in [0.25, 0.3) is 0 Å². The van der Waals surface area contributed by atoms with Gasteiger partial charge in [0.1, 0.15) is 5.60 Å². The molecule has 1 saturated carbocycles. The largest absolute Gasteiger partial charge is 0.459 e. The van der Waals surface area contributed by atoms with Crippen LogP contribution in [0.3, 0.4) is 0 Å². The zero-order valence-corrected chi connectivity index (χ0v) is 14.3. The molecular weight excluding hydrogens is 296 g/mol. The van der Waals surface area contributed by atoms with Gasteiger partial charge in [0.05, 0.1) is 6.26 Å². The van der Waals surface area contributed by atoms with E-state index in [1.165, 1.54) is 6.26 Å². The third kappa shape index (κ3) is 5.30. The van der Waals surface area contributed by atoms with E-state index in [4.69, 9.17) is 9.15 Å². The molecule has 0 radical (unpaired) electrons. The number of hydrogen-bond acceptors (Lipinski definition) is 4. The number of carbonyl (C=O) groups excluding carboxylic acids is 2. The Hall–Kier alpha value is -1.98. The number of alkyl carbamates (subject to hydrolysis) is 1. The summed E-state index contributed by atoms with van der Waals surface area (Å²) in [7, 11) is 0. The first-order valence-corrected chi connectivity index (χ1v) is 8.09. The molecule has 1 aliphatic rings. The van der Waals surface area contributed by atoms with Gasteiger partial charge < -0.3 is 19.8 Å². The summed E-state index contributed by atoms with van der Waals surface area (Å²) in [4.78, 5) is 24.0. The third-order valence-electron chi connectivity index (χ3n) is 3.80. The van der Waals surface area contributed by atoms with Crippen molar-refractivity contribution >= 4 is 12.0 Å². The van der Waals surface area contributed by atoms with E-state index in [0.29, 0.717) is 12.2 Å². The normalized spacial score (nSPS) is 21.6. The van der Waals surface area contributed by atoms with Gasteiger partial charge in [-0.1, -0.05) is 0 Å². The molecule has 1 aliphatic carbocycles. The minimum Gasteiger partial charge on any atom is -0.459 e. The summed E-state index contributed by atoms with van der Waals surface area (Å²) in [5.74, 6) is 0.155. The van der Waals surface area contributed by atoms with Gasteiger partial charge in [-0.05, 0) is 59.4 Å². The van der Waals surface area contributed by atoms with Gasteiger partial charge in [0.25, 0.3) is 5.91 Å². The Labute approximate surface area is 137 Å². The van der Waals surface area contributed by atoms with Crippen molar-refractivity contribution < 1.29 is 18.7 Å². The van der Waals surface area contributed by atoms with Gasteiger partial charge in [-0.15, -0.1) is 0 Å². The van der Waals surface area contributed by atoms with Crippen molar-refractivity contribution in [1.29, 1.82) is 0 Å². The van der Waals surface area contributed by atoms with E-state index < -0.39 is 11.7 Å². The van der Waals surface area contributed by atoms with Crippen molar-refractivity contribution in [1.82, 2.24) is 10.6 Å². The summed E-state index contributed by atoms with van der Waals surface area (Å²) in [5.41, 5.74) is 0.310. The standard InChI is InChI=1S/C17H26N2O4/c1-11-8-9-22-14(11)15(20)18-12-6-5-7-13(10-12)19-16(21)23-17(2,3)4/h8-9,12-13H,5-7,10H2,1-4H3,(H,18,20)(H,19,21)/t12-,13-/m0/s1. The zero-order valence-electron chi connectivity index (χ0n) is 14.3. The van der Waals surface area contributed by atoms with Crippen LogP contribution in [0, 0.1) is 6.92 Å². The minimum absolute atomic E-state index is 0.0154. The Morgan fingerprint density at radius 3 is 2.43 bits per heavy atom. The topological polar surface area (TPSA) is 80.6 Å². The van der Waals surface area contributed by atoms with Gasteiger partial charge in [0, 0.05) is 17.6 Å². The molecule has 2 amide bonds. The number of amides is 2. The molecule has 6 nitrogen and oxygen atoms in total. The monoisotopic (exact) mass is 322 g/mol. The van der Waals surface area contributed by atoms with E-state index in [9.17, 15) is 9.59 Å². The SMILES string of the molecule is Cc1ccoc1C(=O)N[C@H]1CCC[C@H](NC(=O)OC(C)(C)C)C1. The quantitative estimate of drug-likeness (QED) is 0.896. The number of nitrogens with one attached hydrogen (secondary N) is 2. The number of hydrogen-bond donors (Lipinski definition) is 2. The fourth-order valence-corrected chi connectivity index (χ4v) is 2.78. The molecule has 128 valence electrons. The summed E-state index contributed by atoms with van der Waals surface area (Å²) >= 11 is 0. The number of furan rings is 1. The van der Waals surface area contributed by atoms with Crippen molar-refractivity contribution in [2.75, 3.05) is 0 Å². The van der Waals surface area contributed by atoms with Crippen LogP contribution in [0.5, 0.6) is 0 Å². The fourth-order valence-electron chi connectivity index (χ4n) is 2.78. The zero-order chi connectivity index (χ0) is 17.0. The maximum absolute atomic E-state index is 12.2. The summed E-state index contributed by atoms with van der Waals surface area (Å²) in [5, 5.41) is 5.88. The molecule has 0 aliphatic heterocycles. The lowest BCUT2D eigenvalue weighted by molar-refractivity contribution is 0.0489. The molecule has 1 heterocycles. The Morgan fingerprint density at radius 2 is 1.87 bits per heavy atom. The molecule has 0 spiro atoms. The van der Waals surface area contributed by atoms with Crippen LogP contribution in [0.1, 0.15) is 62.6 Å². The lowest BCUT2D eigenvalue weighted by Gasteiger charge is -2.31. The molecule has 1 aromatic heterocycles. The van der Waals surface area contributed by atoms with Crippen LogP contribution in [0.15, 0.2) is 16.7 Å². The molecule has 0 aromatic carbocycles. The van der Waals surface area contributed by atoms with Crippen molar-refractivity contribution in [2.24, 2.45) is 0 Å². The summed E-state index contributed by atoms with van der Waals surface area (Å²) in [6.45, 7) is 7.35. The molecule has 0 bridgehead atoms. The van der Waals surface area contributed by atoms with Crippen molar-refractivity contribution in [3.63, 3.8) is 0 Å². The summed E-state index contributed by atoms with van der Waals surface area (Å²) in [6.07, 6.45) is 4.55. The highest BCUT2D eigenvalue weighted by Crippen LogP contribution is 2.20. The lowest BCUT2D eigenvalue weighted by atomic mass is 9.91. The Kier molecular flexibility index (Phi) is 5.34. The second-order valence-electron chi connectivity index (χ2n) is 7.11. The fraction of sp³-hybridized carbons (Fsp3) is 0.647. The average molecular weight is 322 g/mol. The molecule has 0 unspecified atom stereocenters. The van der Waals surface area contributed by atoms with Crippen LogP contribution >= 0.6 is 0 Å². The molecule has 6 heteroatoms. The Morgan fingerprint density at radius 1 is 1.22 bits per heavy atom. The third-order valence-corrected chi connectivity index (χ3v) is 3.80. The first-order chi connectivity index (χ1) is 10.7. The molecule has 1 fully saturated rings.